The van der Waals surface area contributed by atoms with Crippen LogP contribution in [0.5, 0.6) is 0 Å². The molecular formula is C30H48O2. The van der Waals surface area contributed by atoms with Crippen LogP contribution < -0.4 is 0 Å². The Bertz CT molecular complexity index is 763. The Kier molecular flexibility index (Phi) is 6.85. The van der Waals surface area contributed by atoms with Crippen LogP contribution in [0, 0.1) is 52.3 Å². The van der Waals surface area contributed by atoms with Crippen LogP contribution in [0.15, 0.2) is 23.8 Å². The molecule has 3 saturated carbocycles. The van der Waals surface area contributed by atoms with E-state index in [2.05, 4.69) is 47.3 Å². The van der Waals surface area contributed by atoms with Gasteiger partial charge in [-0.25, -0.2) is 0 Å². The highest BCUT2D eigenvalue weighted by atomic mass is 16.5. The lowest BCUT2D eigenvalue weighted by atomic mass is 9.44. The number of carbonyl (C=O) groups excluding carboxylic acids is 1. The first-order valence-electron chi connectivity index (χ1n) is 13.6. The summed E-state index contributed by atoms with van der Waals surface area (Å²) in [5, 5.41) is 0. The van der Waals surface area contributed by atoms with E-state index in [4.69, 9.17) is 4.74 Å². The van der Waals surface area contributed by atoms with Gasteiger partial charge in [-0.2, -0.15) is 0 Å². The molecule has 0 spiro atoms. The van der Waals surface area contributed by atoms with Crippen LogP contribution >= 0.6 is 0 Å². The van der Waals surface area contributed by atoms with E-state index in [-0.39, 0.29) is 11.2 Å². The third-order valence-electron chi connectivity index (χ3n) is 10.8. The molecule has 0 heterocycles. The second-order valence-electron chi connectivity index (χ2n) is 12.9. The van der Waals surface area contributed by atoms with Gasteiger partial charge in [0.25, 0.3) is 0 Å². The summed E-state index contributed by atoms with van der Waals surface area (Å²) in [6.07, 6.45) is 14.5. The van der Waals surface area contributed by atoms with Gasteiger partial charge < -0.3 is 4.74 Å². The van der Waals surface area contributed by atoms with Crippen molar-refractivity contribution in [2.24, 2.45) is 52.3 Å². The SMILES string of the molecule is C=C1C(=O)C(COC)=C[C@@]2(C)[C@H]1CC[C@@H]1[C@@H]2CC[C@]2(C)[C@@H]([C@H](C)CCCC(C)C)CC[C@@H]12. The summed E-state index contributed by atoms with van der Waals surface area (Å²) < 4.78 is 5.40. The molecule has 0 aromatic carbocycles. The van der Waals surface area contributed by atoms with Crippen molar-refractivity contribution >= 4 is 5.78 Å². The molecule has 0 unspecified atom stereocenters. The van der Waals surface area contributed by atoms with Crippen molar-refractivity contribution in [3.63, 3.8) is 0 Å². The summed E-state index contributed by atoms with van der Waals surface area (Å²) in [5.74, 6) is 5.42. The fourth-order valence-corrected chi connectivity index (χ4v) is 9.24. The normalized spacial score (nSPS) is 42.3. The van der Waals surface area contributed by atoms with E-state index >= 15 is 0 Å². The van der Waals surface area contributed by atoms with Gasteiger partial charge in [0.15, 0.2) is 5.78 Å². The Morgan fingerprint density at radius 2 is 1.81 bits per heavy atom. The molecule has 0 aliphatic heterocycles. The molecule has 180 valence electrons. The minimum Gasteiger partial charge on any atom is -0.380 e. The molecule has 2 heteroatoms. The van der Waals surface area contributed by atoms with Crippen LogP contribution in [-0.2, 0) is 9.53 Å². The van der Waals surface area contributed by atoms with E-state index in [1.807, 2.05) is 0 Å². The molecule has 0 aromatic heterocycles. The third-order valence-corrected chi connectivity index (χ3v) is 10.8. The Labute approximate surface area is 197 Å². The zero-order chi connectivity index (χ0) is 23.3. The number of Topliss-reactive ketones (excluding diaryl/α,β-unsaturated/α-hetero) is 1. The van der Waals surface area contributed by atoms with Crippen LogP contribution in [-0.4, -0.2) is 19.5 Å². The molecule has 8 atom stereocenters. The first-order valence-corrected chi connectivity index (χ1v) is 13.6. The maximum absolute atomic E-state index is 12.9. The maximum Gasteiger partial charge on any atom is 0.186 e. The molecule has 32 heavy (non-hydrogen) atoms. The van der Waals surface area contributed by atoms with Crippen molar-refractivity contribution in [1.29, 1.82) is 0 Å². The minimum absolute atomic E-state index is 0.0735. The predicted octanol–water partition coefficient (Wildman–Crippen LogP) is 7.64. The third kappa shape index (κ3) is 3.87. The van der Waals surface area contributed by atoms with E-state index in [0.29, 0.717) is 23.9 Å². The monoisotopic (exact) mass is 440 g/mol. The van der Waals surface area contributed by atoms with Crippen molar-refractivity contribution in [1.82, 2.24) is 0 Å². The molecule has 4 aliphatic rings. The van der Waals surface area contributed by atoms with Gasteiger partial charge in [-0.3, -0.25) is 4.79 Å². The van der Waals surface area contributed by atoms with Gasteiger partial charge in [-0.15, -0.1) is 0 Å². The summed E-state index contributed by atoms with van der Waals surface area (Å²) in [4.78, 5) is 12.9. The first-order chi connectivity index (χ1) is 15.1. The number of hydrogen-bond acceptors (Lipinski definition) is 2. The smallest absolute Gasteiger partial charge is 0.186 e. The van der Waals surface area contributed by atoms with E-state index in [0.717, 1.165) is 47.2 Å². The number of ketones is 1. The quantitative estimate of drug-likeness (QED) is 0.380. The number of allylic oxidation sites excluding steroid dienone is 2. The van der Waals surface area contributed by atoms with Crippen LogP contribution in [0.3, 0.4) is 0 Å². The Morgan fingerprint density at radius 1 is 1.06 bits per heavy atom. The van der Waals surface area contributed by atoms with Crippen molar-refractivity contribution in [3.05, 3.63) is 23.8 Å². The lowest BCUT2D eigenvalue weighted by Gasteiger charge is -2.60. The Morgan fingerprint density at radius 3 is 2.50 bits per heavy atom. The maximum atomic E-state index is 12.9. The molecule has 0 aromatic rings. The van der Waals surface area contributed by atoms with E-state index in [1.54, 1.807) is 7.11 Å². The second-order valence-corrected chi connectivity index (χ2v) is 12.9. The fraction of sp³-hybridized carbons (Fsp3) is 0.833. The van der Waals surface area contributed by atoms with Gasteiger partial charge in [0.05, 0.1) is 6.61 Å². The Balaban J connectivity index is 1.55. The van der Waals surface area contributed by atoms with Gasteiger partial charge in [0.2, 0.25) is 0 Å². The number of hydrogen-bond donors (Lipinski definition) is 0. The molecule has 4 rings (SSSR count). The molecule has 0 radical (unpaired) electrons. The lowest BCUT2D eigenvalue weighted by Crippen LogP contribution is -2.53. The average molecular weight is 441 g/mol. The molecule has 0 amide bonds. The number of rotatable bonds is 7. The van der Waals surface area contributed by atoms with Crippen molar-refractivity contribution in [2.45, 2.75) is 92.4 Å². The van der Waals surface area contributed by atoms with Gasteiger partial charge in [0.1, 0.15) is 0 Å². The number of carbonyl (C=O) groups is 1. The topological polar surface area (TPSA) is 26.3 Å². The number of methoxy groups -OCH3 is 1. The van der Waals surface area contributed by atoms with E-state index < -0.39 is 0 Å². The molecule has 4 aliphatic carbocycles. The average Bonchev–Trinajstić information content (AvgIpc) is 3.09. The highest BCUT2D eigenvalue weighted by Gasteiger charge is 2.60. The summed E-state index contributed by atoms with van der Waals surface area (Å²) in [7, 11) is 1.70. The second kappa shape index (κ2) is 9.05. The highest BCUT2D eigenvalue weighted by molar-refractivity contribution is 6.09. The van der Waals surface area contributed by atoms with Crippen molar-refractivity contribution < 1.29 is 9.53 Å². The molecule has 2 nitrogen and oxygen atoms in total. The number of fused-ring (bicyclic) bond motifs is 5. The predicted molar refractivity (Wildman–Crippen MR) is 133 cm³/mol. The van der Waals surface area contributed by atoms with Crippen molar-refractivity contribution in [3.8, 4) is 0 Å². The highest BCUT2D eigenvalue weighted by Crippen LogP contribution is 2.68. The van der Waals surface area contributed by atoms with Crippen molar-refractivity contribution in [2.75, 3.05) is 13.7 Å². The van der Waals surface area contributed by atoms with Gasteiger partial charge in [-0.1, -0.05) is 66.5 Å². The summed E-state index contributed by atoms with van der Waals surface area (Å²) >= 11 is 0. The standard InChI is InChI=1S/C30H48O2/c1-19(2)9-8-10-20(3)24-13-14-26-23-11-12-25-21(4)28(31)22(18-32-7)17-30(25,6)27(23)15-16-29(24,26)5/h17,19-20,23-27H,4,8-16,18H2,1-3,5-7H3/t20-,23+,24-,25+,26+,27+,29-,30+/m1/s1. The van der Waals surface area contributed by atoms with Gasteiger partial charge in [-0.05, 0) is 96.4 Å². The van der Waals surface area contributed by atoms with Gasteiger partial charge >= 0.3 is 0 Å². The van der Waals surface area contributed by atoms with E-state index in [1.165, 1.54) is 51.4 Å². The molecule has 0 bridgehead atoms. The summed E-state index contributed by atoms with van der Waals surface area (Å²) in [5.41, 5.74) is 2.30. The van der Waals surface area contributed by atoms with Crippen LogP contribution in [0.25, 0.3) is 0 Å². The fourth-order valence-electron chi connectivity index (χ4n) is 9.24. The molecule has 3 fully saturated rings. The van der Waals surface area contributed by atoms with Gasteiger partial charge in [0, 0.05) is 12.7 Å². The zero-order valence-electron chi connectivity index (χ0n) is 21.7. The first kappa shape index (κ1) is 24.2. The van der Waals surface area contributed by atoms with Crippen LogP contribution in [0.4, 0.5) is 0 Å². The summed E-state index contributed by atoms with van der Waals surface area (Å²) in [6, 6.07) is 0. The minimum atomic E-state index is 0.0735. The largest absolute Gasteiger partial charge is 0.380 e. The summed E-state index contributed by atoms with van der Waals surface area (Å²) in [6.45, 7) is 17.1. The van der Waals surface area contributed by atoms with Crippen LogP contribution in [0.2, 0.25) is 0 Å². The van der Waals surface area contributed by atoms with E-state index in [9.17, 15) is 4.79 Å². The lowest BCUT2D eigenvalue weighted by molar-refractivity contribution is -0.117. The molecule has 0 N–H and O–H groups in total. The molecular weight excluding hydrogens is 392 g/mol. The number of ether oxygens (including phenoxy) is 1. The molecule has 0 saturated heterocycles. The zero-order valence-corrected chi connectivity index (χ0v) is 21.7. The Hall–Kier alpha value is -0.890. The van der Waals surface area contributed by atoms with Crippen LogP contribution in [0.1, 0.15) is 92.4 Å².